The Morgan fingerprint density at radius 2 is 2.00 bits per heavy atom. The van der Waals surface area contributed by atoms with E-state index < -0.39 is 0 Å². The average molecular weight is 329 g/mol. The Morgan fingerprint density at radius 3 is 2.83 bits per heavy atom. The molecule has 0 aliphatic carbocycles. The van der Waals surface area contributed by atoms with Gasteiger partial charge in [-0.25, -0.2) is 0 Å². The molecule has 0 spiro atoms. The van der Waals surface area contributed by atoms with Crippen molar-refractivity contribution in [1.29, 1.82) is 0 Å². The zero-order valence-corrected chi connectivity index (χ0v) is 15.0. The average Bonchev–Trinajstić information content (AvgIpc) is 3.08. The molecule has 0 aromatic heterocycles. The summed E-state index contributed by atoms with van der Waals surface area (Å²) in [5.41, 5.74) is 2.87. The van der Waals surface area contributed by atoms with Gasteiger partial charge in [0.2, 0.25) is 0 Å². The van der Waals surface area contributed by atoms with Gasteiger partial charge in [0, 0.05) is 51.7 Å². The van der Waals surface area contributed by atoms with Gasteiger partial charge in [-0.2, -0.15) is 0 Å². The normalized spacial score (nSPS) is 26.3. The first-order valence-electron chi connectivity index (χ1n) is 9.67. The lowest BCUT2D eigenvalue weighted by atomic mass is 10.0. The minimum atomic E-state index is 0.794. The first kappa shape index (κ1) is 16.4. The third kappa shape index (κ3) is 3.76. The predicted molar refractivity (Wildman–Crippen MR) is 97.9 cm³/mol. The van der Waals surface area contributed by atoms with Crippen LogP contribution in [-0.2, 0) is 12.8 Å². The summed E-state index contributed by atoms with van der Waals surface area (Å²) in [5.74, 6) is 1.10. The molecule has 0 unspecified atom stereocenters. The van der Waals surface area contributed by atoms with Crippen LogP contribution in [0, 0.1) is 0 Å². The number of hydrogen-bond acceptors (Lipinski definition) is 4. The maximum Gasteiger partial charge on any atom is 0.122 e. The van der Waals surface area contributed by atoms with Gasteiger partial charge in [-0.05, 0) is 50.0 Å². The summed E-state index contributed by atoms with van der Waals surface area (Å²) in [6, 6.07) is 7.56. The molecular formula is C20H31N3O. The van der Waals surface area contributed by atoms with Crippen molar-refractivity contribution in [3.8, 4) is 5.75 Å². The minimum Gasteiger partial charge on any atom is -0.493 e. The highest BCUT2D eigenvalue weighted by atomic mass is 16.5. The van der Waals surface area contributed by atoms with Crippen molar-refractivity contribution in [2.75, 3.05) is 59.5 Å². The van der Waals surface area contributed by atoms with Crippen LogP contribution in [0.4, 0.5) is 0 Å². The fourth-order valence-electron chi connectivity index (χ4n) is 4.47. The molecule has 0 radical (unpaired) electrons. The molecule has 2 saturated heterocycles. The molecule has 2 fully saturated rings. The monoisotopic (exact) mass is 329 g/mol. The van der Waals surface area contributed by atoms with Crippen LogP contribution in [0.25, 0.3) is 0 Å². The summed E-state index contributed by atoms with van der Waals surface area (Å²) in [4.78, 5) is 7.88. The Morgan fingerprint density at radius 1 is 1.12 bits per heavy atom. The van der Waals surface area contributed by atoms with E-state index in [0.29, 0.717) is 0 Å². The zero-order chi connectivity index (χ0) is 16.4. The Labute approximate surface area is 146 Å². The topological polar surface area (TPSA) is 19.0 Å². The zero-order valence-electron chi connectivity index (χ0n) is 15.0. The number of likely N-dealkylation sites (N-methyl/N-ethyl adjacent to an activating group) is 1. The first-order valence-corrected chi connectivity index (χ1v) is 9.67. The van der Waals surface area contributed by atoms with E-state index in [1.807, 2.05) is 0 Å². The van der Waals surface area contributed by atoms with Gasteiger partial charge in [0.1, 0.15) is 5.75 Å². The van der Waals surface area contributed by atoms with Crippen molar-refractivity contribution >= 4 is 0 Å². The molecule has 4 nitrogen and oxygen atoms in total. The van der Waals surface area contributed by atoms with Crippen molar-refractivity contribution in [2.24, 2.45) is 0 Å². The lowest BCUT2D eigenvalue weighted by molar-refractivity contribution is 0.0599. The molecule has 4 heteroatoms. The molecule has 0 bridgehead atoms. The summed E-state index contributed by atoms with van der Waals surface area (Å²) >= 11 is 0. The van der Waals surface area contributed by atoms with E-state index in [9.17, 15) is 0 Å². The predicted octanol–water partition coefficient (Wildman–Crippen LogP) is 1.88. The third-order valence-electron chi connectivity index (χ3n) is 5.99. The fourth-order valence-corrected chi connectivity index (χ4v) is 4.47. The van der Waals surface area contributed by atoms with Crippen molar-refractivity contribution < 1.29 is 4.74 Å². The van der Waals surface area contributed by atoms with Crippen LogP contribution in [0.3, 0.4) is 0 Å². The van der Waals surface area contributed by atoms with E-state index in [4.69, 9.17) is 4.74 Å². The van der Waals surface area contributed by atoms with Gasteiger partial charge in [0.05, 0.1) is 6.61 Å². The summed E-state index contributed by atoms with van der Waals surface area (Å²) in [6.07, 6.45) is 5.00. The van der Waals surface area contributed by atoms with Crippen molar-refractivity contribution in [1.82, 2.24) is 14.7 Å². The van der Waals surface area contributed by atoms with Gasteiger partial charge in [-0.15, -0.1) is 0 Å². The number of hydrogen-bond donors (Lipinski definition) is 0. The van der Waals surface area contributed by atoms with Crippen molar-refractivity contribution in [3.05, 3.63) is 29.3 Å². The molecule has 24 heavy (non-hydrogen) atoms. The second-order valence-electron chi connectivity index (χ2n) is 7.73. The number of piperidine rings is 1. The Hall–Kier alpha value is -1.10. The van der Waals surface area contributed by atoms with Crippen LogP contribution >= 0.6 is 0 Å². The van der Waals surface area contributed by atoms with Crippen LogP contribution < -0.4 is 4.74 Å². The number of ether oxygens (including phenoxy) is 1. The molecule has 1 aromatic rings. The van der Waals surface area contributed by atoms with Gasteiger partial charge in [-0.1, -0.05) is 12.1 Å². The minimum absolute atomic E-state index is 0.794. The molecule has 0 saturated carbocycles. The number of fused-ring (bicyclic) bond motifs is 1. The van der Waals surface area contributed by atoms with Crippen LogP contribution in [0.1, 0.15) is 24.0 Å². The number of nitrogens with zero attached hydrogens (tertiary/aromatic N) is 3. The molecule has 3 aliphatic heterocycles. The number of rotatable bonds is 4. The van der Waals surface area contributed by atoms with Crippen molar-refractivity contribution in [3.63, 3.8) is 0 Å². The van der Waals surface area contributed by atoms with Crippen LogP contribution in [-0.4, -0.2) is 80.2 Å². The molecule has 3 aliphatic rings. The van der Waals surface area contributed by atoms with Crippen molar-refractivity contribution in [2.45, 2.75) is 31.7 Å². The second kappa shape index (κ2) is 7.42. The van der Waals surface area contributed by atoms with Crippen LogP contribution in [0.5, 0.6) is 5.75 Å². The third-order valence-corrected chi connectivity index (χ3v) is 5.99. The van der Waals surface area contributed by atoms with E-state index in [1.54, 1.807) is 0 Å². The molecule has 1 aromatic carbocycles. The highest BCUT2D eigenvalue weighted by molar-refractivity contribution is 5.39. The Kier molecular flexibility index (Phi) is 5.06. The maximum atomic E-state index is 5.61. The standard InChI is InChI=1S/C20H31N3O/c1-21-8-2-3-19(16-21)23-12-10-22(11-13-23)9-6-17-4-5-20-18(15-17)7-14-24-20/h4-5,15,19H,2-3,6-14,16H2,1H3/t19-/m1/s1. The van der Waals surface area contributed by atoms with Crippen LogP contribution in [0.2, 0.25) is 0 Å². The first-order chi connectivity index (χ1) is 11.8. The van der Waals surface area contributed by atoms with E-state index in [1.165, 1.54) is 76.2 Å². The van der Waals surface area contributed by atoms with E-state index in [-0.39, 0.29) is 0 Å². The van der Waals surface area contributed by atoms with E-state index in [2.05, 4.69) is 39.9 Å². The van der Waals surface area contributed by atoms with Gasteiger partial charge >= 0.3 is 0 Å². The van der Waals surface area contributed by atoms with Crippen LogP contribution in [0.15, 0.2) is 18.2 Å². The SMILES string of the molecule is CN1CCC[C@@H](N2CCN(CCc3ccc4c(c3)CCO4)CC2)C1. The summed E-state index contributed by atoms with van der Waals surface area (Å²) < 4.78 is 5.61. The highest BCUT2D eigenvalue weighted by Gasteiger charge is 2.26. The number of piperazine rings is 1. The fraction of sp³-hybridized carbons (Fsp3) is 0.700. The lowest BCUT2D eigenvalue weighted by Gasteiger charge is -2.42. The molecular weight excluding hydrogens is 298 g/mol. The molecule has 132 valence electrons. The molecule has 3 heterocycles. The largest absolute Gasteiger partial charge is 0.493 e. The molecule has 0 amide bonds. The van der Waals surface area contributed by atoms with Gasteiger partial charge in [-0.3, -0.25) is 4.90 Å². The van der Waals surface area contributed by atoms with E-state index in [0.717, 1.165) is 24.8 Å². The maximum absolute atomic E-state index is 5.61. The number of benzene rings is 1. The van der Waals surface area contributed by atoms with Gasteiger partial charge in [0.25, 0.3) is 0 Å². The van der Waals surface area contributed by atoms with Gasteiger partial charge in [0.15, 0.2) is 0 Å². The molecule has 0 N–H and O–H groups in total. The summed E-state index contributed by atoms with van der Waals surface area (Å²) in [5, 5.41) is 0. The smallest absolute Gasteiger partial charge is 0.122 e. The Bertz CT molecular complexity index is 554. The quantitative estimate of drug-likeness (QED) is 0.839. The summed E-state index contributed by atoms with van der Waals surface area (Å²) in [6.45, 7) is 9.55. The molecule has 4 rings (SSSR count). The highest BCUT2D eigenvalue weighted by Crippen LogP contribution is 2.26. The van der Waals surface area contributed by atoms with E-state index >= 15 is 0 Å². The molecule has 1 atom stereocenters. The summed E-state index contributed by atoms with van der Waals surface area (Å²) in [7, 11) is 2.27. The lowest BCUT2D eigenvalue weighted by Crippen LogP contribution is -2.54. The van der Waals surface area contributed by atoms with Gasteiger partial charge < -0.3 is 14.5 Å². The Balaban J connectivity index is 1.23. The number of likely N-dealkylation sites (tertiary alicyclic amines) is 1. The second-order valence-corrected chi connectivity index (χ2v) is 7.73.